The molecule has 3 heterocycles. The molecule has 2 fully saturated rings. The molecule has 1 aromatic carbocycles. The molecule has 1 amide bonds. The number of halogens is 1. The molecule has 1 saturated carbocycles. The van der Waals surface area contributed by atoms with Crippen LogP contribution in [0.4, 0.5) is 10.1 Å². The number of benzene rings is 1. The highest BCUT2D eigenvalue weighted by molar-refractivity contribution is 6.03. The third kappa shape index (κ3) is 3.58. The van der Waals surface area contributed by atoms with Gasteiger partial charge in [0.25, 0.3) is 5.91 Å². The van der Waals surface area contributed by atoms with Gasteiger partial charge >= 0.3 is 0 Å². The lowest BCUT2D eigenvalue weighted by atomic mass is 9.74. The number of alkyl halides is 1. The van der Waals surface area contributed by atoms with Crippen molar-refractivity contribution in [2.45, 2.75) is 30.3 Å². The molecule has 1 aliphatic heterocycles. The molecule has 32 heavy (non-hydrogen) atoms. The Bertz CT molecular complexity index is 1190. The molecule has 8 nitrogen and oxygen atoms in total. The van der Waals surface area contributed by atoms with Crippen molar-refractivity contribution in [1.82, 2.24) is 19.7 Å². The number of rotatable bonds is 7. The van der Waals surface area contributed by atoms with Crippen LogP contribution in [0.5, 0.6) is 0 Å². The second kappa shape index (κ2) is 7.90. The summed E-state index contributed by atoms with van der Waals surface area (Å²) >= 11 is 0. The number of hydrogen-bond acceptors (Lipinski definition) is 6. The van der Waals surface area contributed by atoms with E-state index < -0.39 is 17.5 Å². The number of aromatic nitrogens is 4. The van der Waals surface area contributed by atoms with E-state index in [4.69, 9.17) is 4.74 Å². The predicted octanol–water partition coefficient (Wildman–Crippen LogP) is 3.13. The maximum Gasteiger partial charge on any atom is 0.274 e. The zero-order valence-corrected chi connectivity index (χ0v) is 17.5. The average molecular weight is 435 g/mol. The van der Waals surface area contributed by atoms with E-state index in [0.29, 0.717) is 22.7 Å². The highest BCUT2D eigenvalue weighted by Gasteiger charge is 2.50. The van der Waals surface area contributed by atoms with Crippen LogP contribution in [0.25, 0.3) is 0 Å². The van der Waals surface area contributed by atoms with Gasteiger partial charge in [-0.2, -0.15) is 0 Å². The van der Waals surface area contributed by atoms with E-state index >= 15 is 4.39 Å². The van der Waals surface area contributed by atoms with Crippen LogP contribution in [-0.2, 0) is 17.2 Å². The molecule has 1 atom stereocenters. The number of nitrogens with one attached hydrogen (secondary N) is 1. The quantitative estimate of drug-likeness (QED) is 0.573. The zero-order chi connectivity index (χ0) is 22.3. The highest BCUT2D eigenvalue weighted by Crippen LogP contribution is 2.45. The summed E-state index contributed by atoms with van der Waals surface area (Å²) < 4.78 is 22.5. The van der Waals surface area contributed by atoms with E-state index in [0.717, 1.165) is 24.8 Å². The Hall–Kier alpha value is -3.46. The molecule has 1 saturated heterocycles. The van der Waals surface area contributed by atoms with Gasteiger partial charge in [-0.3, -0.25) is 9.59 Å². The molecule has 9 heteroatoms. The molecule has 1 unspecified atom stereocenters. The van der Waals surface area contributed by atoms with Crippen molar-refractivity contribution in [2.24, 2.45) is 7.05 Å². The second-order valence-electron chi connectivity index (χ2n) is 8.45. The van der Waals surface area contributed by atoms with Gasteiger partial charge in [0, 0.05) is 29.9 Å². The van der Waals surface area contributed by atoms with Crippen LogP contribution in [0.2, 0.25) is 0 Å². The molecule has 1 aliphatic carbocycles. The van der Waals surface area contributed by atoms with Gasteiger partial charge in [-0.05, 0) is 42.7 Å². The van der Waals surface area contributed by atoms with E-state index in [2.05, 4.69) is 20.5 Å². The summed E-state index contributed by atoms with van der Waals surface area (Å²) in [7, 11) is 1.70. The lowest BCUT2D eigenvalue weighted by molar-refractivity contribution is -0.102. The molecule has 0 radical (unpaired) electrons. The molecule has 1 N–H and O–H groups in total. The summed E-state index contributed by atoms with van der Waals surface area (Å²) in [4.78, 5) is 28.6. The van der Waals surface area contributed by atoms with Crippen molar-refractivity contribution in [2.75, 3.05) is 18.5 Å². The molecule has 2 aliphatic rings. The van der Waals surface area contributed by atoms with E-state index in [1.807, 2.05) is 6.07 Å². The predicted molar refractivity (Wildman–Crippen MR) is 113 cm³/mol. The Labute approximate surface area is 183 Å². The minimum Gasteiger partial charge on any atom is -0.379 e. The van der Waals surface area contributed by atoms with Gasteiger partial charge < -0.3 is 14.6 Å². The normalized spacial score (nSPS) is 17.9. The van der Waals surface area contributed by atoms with E-state index in [1.165, 1.54) is 12.4 Å². The SMILES string of the molecule is Cn1cnnc1C(F)C1(c2cccc(NC(=O)c3cc(C=O)cc(C4CC4)n3)c2)COC1. The summed E-state index contributed by atoms with van der Waals surface area (Å²) in [5.41, 5.74) is 1.68. The van der Waals surface area contributed by atoms with Crippen molar-refractivity contribution in [3.05, 3.63) is 71.1 Å². The van der Waals surface area contributed by atoms with E-state index in [9.17, 15) is 9.59 Å². The maximum absolute atomic E-state index is 15.6. The number of carbonyl (C=O) groups excluding carboxylic acids is 2. The van der Waals surface area contributed by atoms with Gasteiger partial charge in [0.1, 0.15) is 18.3 Å². The third-order valence-corrected chi connectivity index (χ3v) is 6.10. The number of aryl methyl sites for hydroxylation is 1. The fraction of sp³-hybridized carbons (Fsp3) is 0.348. The fourth-order valence-electron chi connectivity index (χ4n) is 4.00. The summed E-state index contributed by atoms with van der Waals surface area (Å²) in [6.07, 6.45) is 2.79. The number of ether oxygens (including phenoxy) is 1. The Morgan fingerprint density at radius 3 is 2.75 bits per heavy atom. The number of nitrogens with zero attached hydrogens (tertiary/aromatic N) is 4. The van der Waals surface area contributed by atoms with Crippen molar-refractivity contribution >= 4 is 17.9 Å². The average Bonchev–Trinajstić information content (AvgIpc) is 3.53. The first-order valence-corrected chi connectivity index (χ1v) is 10.4. The molecule has 3 aromatic rings. The van der Waals surface area contributed by atoms with Gasteiger partial charge in [0.05, 0.1) is 18.6 Å². The van der Waals surface area contributed by atoms with Crippen LogP contribution in [-0.4, -0.2) is 45.2 Å². The summed E-state index contributed by atoms with van der Waals surface area (Å²) in [5.74, 6) is 0.118. The first-order chi connectivity index (χ1) is 15.5. The number of hydrogen-bond donors (Lipinski definition) is 1. The molecular formula is C23H22FN5O3. The Kier molecular flexibility index (Phi) is 5.05. The lowest BCUT2D eigenvalue weighted by Gasteiger charge is -2.43. The van der Waals surface area contributed by atoms with Crippen LogP contribution in [0.15, 0.2) is 42.7 Å². The highest BCUT2D eigenvalue weighted by atomic mass is 19.1. The van der Waals surface area contributed by atoms with Crippen LogP contribution >= 0.6 is 0 Å². The zero-order valence-electron chi connectivity index (χ0n) is 17.5. The Morgan fingerprint density at radius 1 is 1.31 bits per heavy atom. The van der Waals surface area contributed by atoms with Gasteiger partial charge in [-0.25, -0.2) is 9.37 Å². The minimum atomic E-state index is -1.42. The van der Waals surface area contributed by atoms with Crippen molar-refractivity contribution < 1.29 is 18.7 Å². The van der Waals surface area contributed by atoms with Crippen LogP contribution in [0, 0.1) is 0 Å². The second-order valence-corrected chi connectivity index (χ2v) is 8.45. The Balaban J connectivity index is 1.41. The molecule has 164 valence electrons. The first kappa shape index (κ1) is 20.4. The van der Waals surface area contributed by atoms with Crippen LogP contribution < -0.4 is 5.32 Å². The number of anilines is 1. The molecule has 5 rings (SSSR count). The standard InChI is InChI=1S/C23H22FN5O3/c1-29-13-25-28-21(29)20(24)23(11-32-12-23)16-3-2-4-17(9-16)26-22(31)19-8-14(10-30)7-18(27-19)15-5-6-15/h2-4,7-10,13,15,20H,5-6,11-12H2,1H3,(H,26,31). The monoisotopic (exact) mass is 435 g/mol. The van der Waals surface area contributed by atoms with Gasteiger partial charge in [0.2, 0.25) is 0 Å². The van der Waals surface area contributed by atoms with Crippen molar-refractivity contribution in [3.63, 3.8) is 0 Å². The van der Waals surface area contributed by atoms with Crippen molar-refractivity contribution in [3.8, 4) is 0 Å². The maximum atomic E-state index is 15.6. The number of amides is 1. The van der Waals surface area contributed by atoms with Crippen LogP contribution in [0.1, 0.15) is 62.9 Å². The van der Waals surface area contributed by atoms with Gasteiger partial charge in [-0.15, -0.1) is 10.2 Å². The lowest BCUT2D eigenvalue weighted by Crippen LogP contribution is -2.50. The molecule has 2 aromatic heterocycles. The third-order valence-electron chi connectivity index (χ3n) is 6.10. The summed E-state index contributed by atoms with van der Waals surface area (Å²) in [6.45, 7) is 0.401. The first-order valence-electron chi connectivity index (χ1n) is 10.4. The molecular weight excluding hydrogens is 413 g/mol. The van der Waals surface area contributed by atoms with Gasteiger partial charge in [0.15, 0.2) is 12.0 Å². The van der Waals surface area contributed by atoms with Crippen LogP contribution in [0.3, 0.4) is 0 Å². The smallest absolute Gasteiger partial charge is 0.274 e. The van der Waals surface area contributed by atoms with E-state index in [1.54, 1.807) is 35.9 Å². The van der Waals surface area contributed by atoms with Gasteiger partial charge in [-0.1, -0.05) is 12.1 Å². The number of aldehydes is 1. The topological polar surface area (TPSA) is 99.0 Å². The fourth-order valence-corrected chi connectivity index (χ4v) is 4.00. The van der Waals surface area contributed by atoms with Crippen molar-refractivity contribution in [1.29, 1.82) is 0 Å². The number of pyridine rings is 1. The molecule has 0 spiro atoms. The Morgan fingerprint density at radius 2 is 2.12 bits per heavy atom. The largest absolute Gasteiger partial charge is 0.379 e. The summed E-state index contributed by atoms with van der Waals surface area (Å²) in [5, 5.41) is 10.5. The minimum absolute atomic E-state index is 0.186. The molecule has 0 bridgehead atoms. The number of carbonyl (C=O) groups is 2. The van der Waals surface area contributed by atoms with E-state index in [-0.39, 0.29) is 24.7 Å². The summed E-state index contributed by atoms with van der Waals surface area (Å²) in [6, 6.07) is 10.3.